The van der Waals surface area contributed by atoms with E-state index in [0.29, 0.717) is 0 Å². The molecule has 0 spiro atoms. The van der Waals surface area contributed by atoms with Gasteiger partial charge in [-0.25, -0.2) is 0 Å². The second-order valence-corrected chi connectivity index (χ2v) is 9.23. The Balaban J connectivity index is 1.54. The number of benzene rings is 3. The molecule has 5 heteroatoms. The molecule has 4 atom stereocenters. The summed E-state index contributed by atoms with van der Waals surface area (Å²) in [4.78, 5) is 0. The molecule has 2 fully saturated rings. The minimum absolute atomic E-state index is 0.248. The van der Waals surface area contributed by atoms with E-state index in [1.165, 1.54) is 0 Å². The fourth-order valence-corrected chi connectivity index (χ4v) is 5.14. The average molecular weight is 456 g/mol. The summed E-state index contributed by atoms with van der Waals surface area (Å²) in [5.74, 6) is -0.722. The molecule has 2 saturated heterocycles. The molecule has 0 radical (unpaired) electrons. The van der Waals surface area contributed by atoms with E-state index in [4.69, 9.17) is 18.9 Å². The van der Waals surface area contributed by atoms with E-state index in [-0.39, 0.29) is 37.4 Å². The molecule has 2 aliphatic rings. The maximum absolute atomic E-state index is 9.31. The predicted octanol–water partition coefficient (Wildman–Crippen LogP) is 5.20. The van der Waals surface area contributed by atoms with Gasteiger partial charge in [-0.05, 0) is 30.5 Å². The van der Waals surface area contributed by atoms with Crippen LogP contribution in [0.15, 0.2) is 91.0 Å². The third kappa shape index (κ3) is 4.15. The Morgan fingerprint density at radius 2 is 1.21 bits per heavy atom. The largest absolute Gasteiger partial charge is 0.366 e. The first-order valence-electron chi connectivity index (χ1n) is 11.7. The lowest BCUT2D eigenvalue weighted by molar-refractivity contribution is -0.194. The average Bonchev–Trinajstić information content (AvgIpc) is 3.35. The van der Waals surface area contributed by atoms with Crippen molar-refractivity contribution < 1.29 is 18.9 Å². The minimum atomic E-state index is -0.842. The van der Waals surface area contributed by atoms with Crippen molar-refractivity contribution in [2.24, 2.45) is 0 Å². The Kier molecular flexibility index (Phi) is 6.24. The third-order valence-corrected chi connectivity index (χ3v) is 6.54. The Morgan fingerprint density at radius 3 is 1.65 bits per heavy atom. The van der Waals surface area contributed by atoms with Gasteiger partial charge in [0, 0.05) is 0 Å². The fraction of sp³-hybridized carbons (Fsp3) is 0.345. The highest BCUT2D eigenvalue weighted by Gasteiger charge is 2.55. The van der Waals surface area contributed by atoms with Gasteiger partial charge in [-0.2, -0.15) is 5.26 Å². The Labute approximate surface area is 200 Å². The quantitative estimate of drug-likeness (QED) is 0.459. The molecule has 0 unspecified atom stereocenters. The van der Waals surface area contributed by atoms with Crippen LogP contribution in [0.1, 0.15) is 37.0 Å². The Bertz CT molecular complexity index is 1030. The molecule has 174 valence electrons. The molecule has 0 aliphatic carbocycles. The molecule has 5 nitrogen and oxygen atoms in total. The number of nitriles is 1. The van der Waals surface area contributed by atoms with Crippen molar-refractivity contribution in [3.05, 3.63) is 108 Å². The summed E-state index contributed by atoms with van der Waals surface area (Å²) in [5, 5.41) is 9.31. The van der Waals surface area contributed by atoms with E-state index < -0.39 is 11.4 Å². The van der Waals surface area contributed by atoms with Gasteiger partial charge < -0.3 is 18.9 Å². The van der Waals surface area contributed by atoms with Crippen LogP contribution in [0, 0.1) is 11.3 Å². The van der Waals surface area contributed by atoms with Crippen LogP contribution < -0.4 is 0 Å². The molecule has 3 aromatic rings. The number of rotatable bonds is 7. The van der Waals surface area contributed by atoms with Crippen molar-refractivity contribution in [2.45, 2.75) is 56.1 Å². The first kappa shape index (κ1) is 22.8. The molecule has 0 N–H and O–H groups in total. The highest BCUT2D eigenvalue weighted by molar-refractivity contribution is 5.47. The number of hydrogen-bond donors (Lipinski definition) is 0. The maximum atomic E-state index is 9.31. The number of ether oxygens (including phenoxy) is 4. The van der Waals surface area contributed by atoms with Crippen LogP contribution in [0.25, 0.3) is 0 Å². The summed E-state index contributed by atoms with van der Waals surface area (Å²) in [5.41, 5.74) is 2.24. The zero-order valence-electron chi connectivity index (χ0n) is 19.5. The molecule has 0 bridgehead atoms. The van der Waals surface area contributed by atoms with Gasteiger partial charge in [-0.1, -0.05) is 91.0 Å². The van der Waals surface area contributed by atoms with Crippen LogP contribution in [-0.2, 0) is 24.5 Å². The molecule has 3 aromatic carbocycles. The number of hydrogen-bond acceptors (Lipinski definition) is 5. The van der Waals surface area contributed by atoms with Crippen LogP contribution in [-0.4, -0.2) is 36.8 Å². The first-order valence-corrected chi connectivity index (χ1v) is 11.7. The zero-order valence-corrected chi connectivity index (χ0v) is 19.5. The van der Waals surface area contributed by atoms with E-state index in [9.17, 15) is 5.26 Å². The van der Waals surface area contributed by atoms with Gasteiger partial charge in [0.1, 0.15) is 30.0 Å². The van der Waals surface area contributed by atoms with Crippen LogP contribution in [0.5, 0.6) is 0 Å². The number of nitrogens with zero attached hydrogens (tertiary/aromatic N) is 1. The van der Waals surface area contributed by atoms with Crippen molar-refractivity contribution >= 4 is 0 Å². The zero-order chi connectivity index (χ0) is 23.6. The number of fused-ring (bicyclic) bond motifs is 1. The van der Waals surface area contributed by atoms with Crippen LogP contribution in [0.4, 0.5) is 0 Å². The van der Waals surface area contributed by atoms with Gasteiger partial charge in [0.15, 0.2) is 5.79 Å². The molecule has 0 aromatic heterocycles. The van der Waals surface area contributed by atoms with E-state index in [2.05, 4.69) is 42.5 Å². The molecule has 5 rings (SSSR count). The molecular weight excluding hydrogens is 426 g/mol. The van der Waals surface area contributed by atoms with Crippen molar-refractivity contribution in [1.82, 2.24) is 0 Å². The van der Waals surface area contributed by atoms with E-state index in [1.807, 2.05) is 68.4 Å². The lowest BCUT2D eigenvalue weighted by Crippen LogP contribution is -2.39. The summed E-state index contributed by atoms with van der Waals surface area (Å²) >= 11 is 0. The molecule has 34 heavy (non-hydrogen) atoms. The van der Waals surface area contributed by atoms with Crippen molar-refractivity contribution in [3.63, 3.8) is 0 Å². The summed E-state index contributed by atoms with van der Waals surface area (Å²) in [6.45, 7) is 4.07. The highest BCUT2D eigenvalue weighted by Crippen LogP contribution is 2.43. The summed E-state index contributed by atoms with van der Waals surface area (Å²) in [6.07, 6.45) is -1.04. The second kappa shape index (κ2) is 9.32. The van der Waals surface area contributed by atoms with E-state index in [0.717, 1.165) is 16.7 Å². The molecule has 0 amide bonds. The lowest BCUT2D eigenvalue weighted by atomic mass is 9.80. The molecule has 2 aliphatic heterocycles. The molecule has 2 heterocycles. The molecular formula is C29H29NO4. The minimum Gasteiger partial charge on any atom is -0.366 e. The van der Waals surface area contributed by atoms with Crippen LogP contribution in [0.2, 0.25) is 0 Å². The Hall–Kier alpha value is -3.01. The summed E-state index contributed by atoms with van der Waals surface area (Å²) in [6, 6.07) is 33.0. The normalized spacial score (nSPS) is 25.6. The third-order valence-electron chi connectivity index (χ3n) is 6.54. The van der Waals surface area contributed by atoms with E-state index in [1.54, 1.807) is 0 Å². The maximum Gasteiger partial charge on any atom is 0.164 e. The lowest BCUT2D eigenvalue weighted by Gasteiger charge is -2.37. The fourth-order valence-electron chi connectivity index (χ4n) is 5.14. The molecule has 0 saturated carbocycles. The summed E-state index contributed by atoms with van der Waals surface area (Å²) in [7, 11) is 0. The smallest absolute Gasteiger partial charge is 0.164 e. The second-order valence-electron chi connectivity index (χ2n) is 9.23. The van der Waals surface area contributed by atoms with Crippen molar-refractivity contribution in [3.8, 4) is 6.07 Å². The highest BCUT2D eigenvalue weighted by atomic mass is 16.8. The predicted molar refractivity (Wildman–Crippen MR) is 128 cm³/mol. The standard InChI is InChI=1S/C29H29NO4/c1-28(2)33-26-24(18-19-30)32-25(27(26)34-28)20-31-29(21-12-6-3-7-13-21,22-14-8-4-9-15-22)23-16-10-5-11-17-23/h3-17,24-27H,18,20H2,1-2H3/t24-,25+,26-,27+/m0/s1. The van der Waals surface area contributed by atoms with Crippen LogP contribution in [0.3, 0.4) is 0 Å². The van der Waals surface area contributed by atoms with Gasteiger partial charge in [-0.15, -0.1) is 0 Å². The van der Waals surface area contributed by atoms with Crippen molar-refractivity contribution in [1.29, 1.82) is 5.26 Å². The van der Waals surface area contributed by atoms with Crippen LogP contribution >= 0.6 is 0 Å². The SMILES string of the molecule is CC1(C)O[C@@H]2[C@H](O1)[C@@H](COC(c1ccccc1)(c1ccccc1)c1ccccc1)O[C@H]2CC#N. The van der Waals surface area contributed by atoms with Gasteiger partial charge in [-0.3, -0.25) is 0 Å². The van der Waals surface area contributed by atoms with Gasteiger partial charge >= 0.3 is 0 Å². The van der Waals surface area contributed by atoms with Gasteiger partial charge in [0.05, 0.1) is 19.1 Å². The van der Waals surface area contributed by atoms with Crippen molar-refractivity contribution in [2.75, 3.05) is 6.61 Å². The Morgan fingerprint density at radius 1 is 0.765 bits per heavy atom. The topological polar surface area (TPSA) is 60.7 Å². The first-order chi connectivity index (χ1) is 16.5. The monoisotopic (exact) mass is 455 g/mol. The van der Waals surface area contributed by atoms with Gasteiger partial charge in [0.2, 0.25) is 0 Å². The summed E-state index contributed by atoms with van der Waals surface area (Å²) < 4.78 is 25.5. The van der Waals surface area contributed by atoms with Gasteiger partial charge in [0.25, 0.3) is 0 Å². The van der Waals surface area contributed by atoms with E-state index >= 15 is 0 Å².